The number of hydrogen-bond acceptors (Lipinski definition) is 1. The molecule has 0 radical (unpaired) electrons. The van der Waals surface area contributed by atoms with Crippen LogP contribution in [0.1, 0.15) is 34.1 Å². The normalized spacial score (nSPS) is 13.1. The molecule has 72 valence electrons. The highest BCUT2D eigenvalue weighted by Crippen LogP contribution is 2.09. The molecule has 0 fully saturated rings. The van der Waals surface area contributed by atoms with E-state index in [9.17, 15) is 0 Å². The Morgan fingerprint density at radius 3 is 2.25 bits per heavy atom. The molecule has 1 nitrogen and oxygen atoms in total. The van der Waals surface area contributed by atoms with Crippen molar-refractivity contribution in [2.75, 3.05) is 13.1 Å². The monoisotopic (exact) mass is 281 g/mol. The summed E-state index contributed by atoms with van der Waals surface area (Å²) < 4.78 is 2.21. The van der Waals surface area contributed by atoms with E-state index >= 15 is 0 Å². The van der Waals surface area contributed by atoms with E-state index in [1.165, 1.54) is 12.0 Å². The number of hydrogen-bond donors (Lipinski definition) is 0. The van der Waals surface area contributed by atoms with Gasteiger partial charge in [0.05, 0.1) is 0 Å². The number of rotatable bonds is 5. The summed E-state index contributed by atoms with van der Waals surface area (Å²) >= 11 is 2.33. The maximum Gasteiger partial charge on any atom is 0.0202 e. The summed E-state index contributed by atoms with van der Waals surface area (Å²) in [5.74, 6) is 0. The summed E-state index contributed by atoms with van der Waals surface area (Å²) in [6.07, 6.45) is 1.17. The van der Waals surface area contributed by atoms with Gasteiger partial charge in [0, 0.05) is 12.6 Å². The topological polar surface area (TPSA) is 3.24 Å². The molecule has 0 aromatic heterocycles. The highest BCUT2D eigenvalue weighted by molar-refractivity contribution is 14.1. The third-order valence-electron chi connectivity index (χ3n) is 2.15. The average Bonchev–Trinajstić information content (AvgIpc) is 2.06. The Kier molecular flexibility index (Phi) is 7.14. The molecule has 0 saturated carbocycles. The lowest BCUT2D eigenvalue weighted by molar-refractivity contribution is 0.252. The molecule has 0 spiro atoms. The molecule has 0 saturated heterocycles. The molecule has 0 heterocycles. The third kappa shape index (κ3) is 4.45. The summed E-state index contributed by atoms with van der Waals surface area (Å²) in [7, 11) is 0. The minimum atomic E-state index is 0.660. The first-order valence-electron chi connectivity index (χ1n) is 4.67. The molecule has 0 aromatic carbocycles. The molecule has 0 aliphatic heterocycles. The van der Waals surface area contributed by atoms with Crippen molar-refractivity contribution in [3.8, 4) is 0 Å². The maximum absolute atomic E-state index is 2.48. The summed E-state index contributed by atoms with van der Waals surface area (Å²) in [5, 5.41) is 0. The van der Waals surface area contributed by atoms with Crippen LogP contribution in [0.5, 0.6) is 0 Å². The molecule has 0 unspecified atom stereocenters. The van der Waals surface area contributed by atoms with Gasteiger partial charge >= 0.3 is 0 Å². The fourth-order valence-electron chi connectivity index (χ4n) is 1.14. The molecule has 0 aromatic rings. The van der Waals surface area contributed by atoms with Crippen molar-refractivity contribution >= 4 is 22.6 Å². The van der Waals surface area contributed by atoms with Crippen molar-refractivity contribution in [3.05, 3.63) is 9.66 Å². The fraction of sp³-hybridized carbons (Fsp3) is 0.800. The van der Waals surface area contributed by atoms with E-state index in [-0.39, 0.29) is 0 Å². The Bertz CT molecular complexity index is 141. The predicted octanol–water partition coefficient (Wildman–Crippen LogP) is 3.45. The lowest BCUT2D eigenvalue weighted by Crippen LogP contribution is -2.32. The van der Waals surface area contributed by atoms with E-state index in [2.05, 4.69) is 59.3 Å². The Morgan fingerprint density at radius 2 is 2.00 bits per heavy atom. The Hall–Kier alpha value is 0.430. The van der Waals surface area contributed by atoms with Gasteiger partial charge in [-0.25, -0.2) is 0 Å². The van der Waals surface area contributed by atoms with Crippen LogP contribution in [0.3, 0.4) is 0 Å². The van der Waals surface area contributed by atoms with Gasteiger partial charge in [0.1, 0.15) is 0 Å². The Labute approximate surface area is 90.4 Å². The second-order valence-electron chi connectivity index (χ2n) is 3.28. The van der Waals surface area contributed by atoms with Crippen molar-refractivity contribution in [2.45, 2.75) is 40.2 Å². The van der Waals surface area contributed by atoms with Gasteiger partial charge in [-0.1, -0.05) is 42.0 Å². The highest BCUT2D eigenvalue weighted by Gasteiger charge is 2.07. The van der Waals surface area contributed by atoms with E-state index in [0.717, 1.165) is 13.1 Å². The largest absolute Gasteiger partial charge is 0.297 e. The van der Waals surface area contributed by atoms with Gasteiger partial charge in [-0.2, -0.15) is 0 Å². The van der Waals surface area contributed by atoms with Gasteiger partial charge in [0.25, 0.3) is 0 Å². The smallest absolute Gasteiger partial charge is 0.0202 e. The van der Waals surface area contributed by atoms with Crippen molar-refractivity contribution in [2.24, 2.45) is 0 Å². The SMILES string of the molecule is CC/C(=C/I)CN(CC)C(C)C. The van der Waals surface area contributed by atoms with Crippen LogP contribution in [0, 0.1) is 0 Å². The van der Waals surface area contributed by atoms with Crippen LogP contribution in [-0.4, -0.2) is 24.0 Å². The fourth-order valence-corrected chi connectivity index (χ4v) is 1.78. The molecule has 0 rings (SSSR count). The molecule has 12 heavy (non-hydrogen) atoms. The molecule has 0 aliphatic rings. The van der Waals surface area contributed by atoms with Crippen molar-refractivity contribution in [1.82, 2.24) is 4.90 Å². The molecule has 2 heteroatoms. The zero-order chi connectivity index (χ0) is 9.56. The van der Waals surface area contributed by atoms with Crippen LogP contribution < -0.4 is 0 Å². The van der Waals surface area contributed by atoms with Crippen LogP contribution >= 0.6 is 22.6 Å². The van der Waals surface area contributed by atoms with Crippen LogP contribution in [0.15, 0.2) is 9.66 Å². The van der Waals surface area contributed by atoms with Crippen LogP contribution in [0.2, 0.25) is 0 Å². The first-order chi connectivity index (χ1) is 5.65. The minimum absolute atomic E-state index is 0.660. The molecular weight excluding hydrogens is 261 g/mol. The van der Waals surface area contributed by atoms with Gasteiger partial charge in [0.2, 0.25) is 0 Å². The van der Waals surface area contributed by atoms with Crippen molar-refractivity contribution in [1.29, 1.82) is 0 Å². The Morgan fingerprint density at radius 1 is 1.42 bits per heavy atom. The van der Waals surface area contributed by atoms with Crippen LogP contribution in [0.4, 0.5) is 0 Å². The first-order valence-corrected chi connectivity index (χ1v) is 5.92. The van der Waals surface area contributed by atoms with E-state index in [0.29, 0.717) is 6.04 Å². The van der Waals surface area contributed by atoms with Gasteiger partial charge in [-0.15, -0.1) is 0 Å². The van der Waals surface area contributed by atoms with E-state index in [1.807, 2.05) is 0 Å². The van der Waals surface area contributed by atoms with E-state index < -0.39 is 0 Å². The lowest BCUT2D eigenvalue weighted by Gasteiger charge is -2.25. The van der Waals surface area contributed by atoms with Crippen LogP contribution in [-0.2, 0) is 0 Å². The predicted molar refractivity (Wildman–Crippen MR) is 64.8 cm³/mol. The summed E-state index contributed by atoms with van der Waals surface area (Å²) in [6.45, 7) is 11.2. The molecule has 0 N–H and O–H groups in total. The third-order valence-corrected chi connectivity index (χ3v) is 3.03. The minimum Gasteiger partial charge on any atom is -0.297 e. The van der Waals surface area contributed by atoms with Gasteiger partial charge in [-0.3, -0.25) is 4.90 Å². The Balaban J connectivity index is 4.01. The molecule has 0 atom stereocenters. The number of likely N-dealkylation sites (N-methyl/N-ethyl adjacent to an activating group) is 1. The van der Waals surface area contributed by atoms with E-state index in [1.54, 1.807) is 0 Å². The van der Waals surface area contributed by atoms with Gasteiger partial charge in [-0.05, 0) is 30.9 Å². The van der Waals surface area contributed by atoms with Gasteiger partial charge < -0.3 is 0 Å². The zero-order valence-corrected chi connectivity index (χ0v) is 10.8. The highest BCUT2D eigenvalue weighted by atomic mass is 127. The molecular formula is C10H20IN. The summed E-state index contributed by atoms with van der Waals surface area (Å²) in [5.41, 5.74) is 1.53. The average molecular weight is 281 g/mol. The molecule has 0 aliphatic carbocycles. The van der Waals surface area contributed by atoms with Crippen molar-refractivity contribution < 1.29 is 0 Å². The second kappa shape index (κ2) is 6.89. The first kappa shape index (κ1) is 12.4. The quantitative estimate of drug-likeness (QED) is 0.698. The summed E-state index contributed by atoms with van der Waals surface area (Å²) in [4.78, 5) is 2.48. The summed E-state index contributed by atoms with van der Waals surface area (Å²) in [6, 6.07) is 0.660. The zero-order valence-electron chi connectivity index (χ0n) is 8.60. The standard InChI is InChI=1S/C10H20IN/c1-5-10(7-11)8-12(6-2)9(3)4/h7,9H,5-6,8H2,1-4H3/b10-7-. The lowest BCUT2D eigenvalue weighted by atomic mass is 10.2. The molecule has 0 amide bonds. The van der Waals surface area contributed by atoms with Gasteiger partial charge in [0.15, 0.2) is 0 Å². The van der Waals surface area contributed by atoms with E-state index in [4.69, 9.17) is 0 Å². The number of halogens is 1. The second-order valence-corrected chi connectivity index (χ2v) is 3.90. The van der Waals surface area contributed by atoms with Crippen molar-refractivity contribution in [3.63, 3.8) is 0 Å². The van der Waals surface area contributed by atoms with Crippen LogP contribution in [0.25, 0.3) is 0 Å². The number of nitrogens with zero attached hydrogens (tertiary/aromatic N) is 1. The molecule has 0 bridgehead atoms. The maximum atomic E-state index is 2.48.